The number of hydrogen-bond donors (Lipinski definition) is 1. The van der Waals surface area contributed by atoms with Gasteiger partial charge in [-0.2, -0.15) is 0 Å². The molecule has 8 heteroatoms. The van der Waals surface area contributed by atoms with Crippen molar-refractivity contribution in [2.45, 2.75) is 71.8 Å². The van der Waals surface area contributed by atoms with Crippen LogP contribution in [0.25, 0.3) is 0 Å². The number of ether oxygens (including phenoxy) is 3. The van der Waals surface area contributed by atoms with Crippen molar-refractivity contribution in [2.24, 2.45) is 0 Å². The first-order valence-electron chi connectivity index (χ1n) is 17.0. The van der Waals surface area contributed by atoms with Crippen molar-refractivity contribution in [3.05, 3.63) is 119 Å². The van der Waals surface area contributed by atoms with Crippen LogP contribution in [0.15, 0.2) is 97.1 Å². The van der Waals surface area contributed by atoms with Crippen molar-refractivity contribution in [1.82, 2.24) is 4.90 Å². The molecule has 0 saturated carbocycles. The van der Waals surface area contributed by atoms with Gasteiger partial charge in [-0.05, 0) is 111 Å². The number of esters is 1. The van der Waals surface area contributed by atoms with Gasteiger partial charge in [0.2, 0.25) is 5.91 Å². The lowest BCUT2D eigenvalue weighted by atomic mass is 9.83. The summed E-state index contributed by atoms with van der Waals surface area (Å²) < 4.78 is 16.6. The van der Waals surface area contributed by atoms with Gasteiger partial charge in [-0.25, -0.2) is 4.79 Å². The van der Waals surface area contributed by atoms with Crippen LogP contribution >= 0.6 is 0 Å². The van der Waals surface area contributed by atoms with Gasteiger partial charge >= 0.3 is 5.97 Å². The van der Waals surface area contributed by atoms with Gasteiger partial charge in [-0.3, -0.25) is 9.59 Å². The SMILES string of the molecule is CCCCCCCOc1ccc(C(=O)Oc2ccc(CN(CC)C(=O)c3ccc(NC(=O)C(C)(C)c4ccc(OC)cc4)cc3)cc2)cc1. The molecule has 0 fully saturated rings. The third-order valence-electron chi connectivity index (χ3n) is 8.55. The predicted octanol–water partition coefficient (Wildman–Crippen LogP) is 8.84. The second-order valence-electron chi connectivity index (χ2n) is 12.5. The fourth-order valence-corrected chi connectivity index (χ4v) is 5.26. The Kier molecular flexibility index (Phi) is 13.4. The Morgan fingerprint density at radius 1 is 0.694 bits per heavy atom. The van der Waals surface area contributed by atoms with Crippen LogP contribution in [-0.4, -0.2) is 42.9 Å². The Labute approximate surface area is 290 Å². The molecular formula is C41H48N2O6. The molecule has 0 heterocycles. The van der Waals surface area contributed by atoms with E-state index in [1.165, 1.54) is 19.3 Å². The molecular weight excluding hydrogens is 616 g/mol. The molecule has 8 nitrogen and oxygen atoms in total. The molecule has 0 aliphatic heterocycles. The first-order valence-corrected chi connectivity index (χ1v) is 17.0. The molecule has 2 amide bonds. The number of carbonyl (C=O) groups is 3. The molecule has 4 rings (SSSR count). The zero-order valence-corrected chi connectivity index (χ0v) is 29.3. The Bertz CT molecular complexity index is 1650. The highest BCUT2D eigenvalue weighted by molar-refractivity contribution is 5.99. The van der Waals surface area contributed by atoms with E-state index in [1.807, 2.05) is 57.2 Å². The predicted molar refractivity (Wildman–Crippen MR) is 194 cm³/mol. The molecule has 258 valence electrons. The lowest BCUT2D eigenvalue weighted by Crippen LogP contribution is -2.34. The van der Waals surface area contributed by atoms with Crippen LogP contribution in [0.5, 0.6) is 17.2 Å². The quantitative estimate of drug-likeness (QED) is 0.0689. The molecule has 0 bridgehead atoms. The van der Waals surface area contributed by atoms with Crippen molar-refractivity contribution in [2.75, 3.05) is 25.6 Å². The van der Waals surface area contributed by atoms with Crippen LogP contribution in [0, 0.1) is 0 Å². The summed E-state index contributed by atoms with van der Waals surface area (Å²) in [4.78, 5) is 41.0. The number of hydrogen-bond acceptors (Lipinski definition) is 6. The third kappa shape index (κ3) is 10.4. The highest BCUT2D eigenvalue weighted by Gasteiger charge is 2.30. The van der Waals surface area contributed by atoms with Crippen molar-refractivity contribution < 1.29 is 28.6 Å². The number of anilines is 1. The van der Waals surface area contributed by atoms with E-state index < -0.39 is 11.4 Å². The maximum atomic E-state index is 13.4. The van der Waals surface area contributed by atoms with Gasteiger partial charge in [0.25, 0.3) is 5.91 Å². The zero-order chi connectivity index (χ0) is 35.2. The largest absolute Gasteiger partial charge is 0.497 e. The number of nitrogens with one attached hydrogen (secondary N) is 1. The number of rotatable bonds is 17. The molecule has 0 aliphatic rings. The van der Waals surface area contributed by atoms with Gasteiger partial charge in [-0.1, -0.05) is 56.9 Å². The summed E-state index contributed by atoms with van der Waals surface area (Å²) in [5.74, 6) is 1.15. The maximum absolute atomic E-state index is 13.4. The van der Waals surface area contributed by atoms with Crippen LogP contribution in [0.1, 0.15) is 91.6 Å². The number of nitrogens with zero attached hydrogens (tertiary/aromatic N) is 1. The van der Waals surface area contributed by atoms with E-state index in [-0.39, 0.29) is 11.8 Å². The summed E-state index contributed by atoms with van der Waals surface area (Å²) >= 11 is 0. The highest BCUT2D eigenvalue weighted by Crippen LogP contribution is 2.27. The third-order valence-corrected chi connectivity index (χ3v) is 8.55. The fourth-order valence-electron chi connectivity index (χ4n) is 5.26. The fraction of sp³-hybridized carbons (Fsp3) is 0.341. The molecule has 4 aromatic carbocycles. The van der Waals surface area contributed by atoms with E-state index in [1.54, 1.807) is 72.7 Å². The van der Waals surface area contributed by atoms with Crippen molar-refractivity contribution in [1.29, 1.82) is 0 Å². The summed E-state index contributed by atoms with van der Waals surface area (Å²) in [6.07, 6.45) is 5.87. The average molecular weight is 665 g/mol. The minimum Gasteiger partial charge on any atom is -0.497 e. The minimum absolute atomic E-state index is 0.127. The van der Waals surface area contributed by atoms with Crippen molar-refractivity contribution in [3.63, 3.8) is 0 Å². The van der Waals surface area contributed by atoms with Crippen LogP contribution in [0.3, 0.4) is 0 Å². The monoisotopic (exact) mass is 664 g/mol. The lowest BCUT2D eigenvalue weighted by Gasteiger charge is -2.24. The number of amides is 2. The van der Waals surface area contributed by atoms with E-state index in [2.05, 4.69) is 12.2 Å². The molecule has 4 aromatic rings. The molecule has 1 N–H and O–H groups in total. The topological polar surface area (TPSA) is 94.2 Å². The van der Waals surface area contributed by atoms with Gasteiger partial charge in [0.05, 0.1) is 24.7 Å². The normalized spacial score (nSPS) is 11.0. The van der Waals surface area contributed by atoms with Gasteiger partial charge in [0.1, 0.15) is 17.2 Å². The maximum Gasteiger partial charge on any atom is 0.343 e. The first kappa shape index (κ1) is 36.7. The van der Waals surface area contributed by atoms with E-state index in [0.717, 1.165) is 35.5 Å². The summed E-state index contributed by atoms with van der Waals surface area (Å²) in [7, 11) is 1.60. The second-order valence-corrected chi connectivity index (χ2v) is 12.5. The number of unbranched alkanes of at least 4 members (excludes halogenated alkanes) is 4. The molecule has 0 aliphatic carbocycles. The van der Waals surface area contributed by atoms with Gasteiger partial charge < -0.3 is 24.4 Å². The number of benzene rings is 4. The zero-order valence-electron chi connectivity index (χ0n) is 29.3. The highest BCUT2D eigenvalue weighted by atomic mass is 16.5. The van der Waals surface area contributed by atoms with Crippen LogP contribution in [0.2, 0.25) is 0 Å². The molecule has 0 atom stereocenters. The average Bonchev–Trinajstić information content (AvgIpc) is 3.13. The van der Waals surface area contributed by atoms with E-state index in [0.29, 0.717) is 42.3 Å². The minimum atomic E-state index is -0.776. The van der Waals surface area contributed by atoms with Crippen molar-refractivity contribution in [3.8, 4) is 17.2 Å². The van der Waals surface area contributed by atoms with Crippen LogP contribution in [-0.2, 0) is 16.8 Å². The summed E-state index contributed by atoms with van der Waals surface area (Å²) in [6, 6.07) is 28.5. The van der Waals surface area contributed by atoms with Crippen LogP contribution in [0.4, 0.5) is 5.69 Å². The summed E-state index contributed by atoms with van der Waals surface area (Å²) in [5.41, 5.74) is 2.55. The molecule has 0 spiro atoms. The molecule has 0 unspecified atom stereocenters. The Morgan fingerprint density at radius 2 is 1.29 bits per heavy atom. The second kappa shape index (κ2) is 17.9. The Balaban J connectivity index is 1.27. The summed E-state index contributed by atoms with van der Waals surface area (Å²) in [5, 5.41) is 2.97. The van der Waals surface area contributed by atoms with Crippen LogP contribution < -0.4 is 19.5 Å². The first-order chi connectivity index (χ1) is 23.6. The van der Waals surface area contributed by atoms with E-state index >= 15 is 0 Å². The lowest BCUT2D eigenvalue weighted by molar-refractivity contribution is -0.120. The number of methoxy groups -OCH3 is 1. The Hall–Kier alpha value is -5.11. The van der Waals surface area contributed by atoms with E-state index in [4.69, 9.17) is 14.2 Å². The molecule has 49 heavy (non-hydrogen) atoms. The standard InChI is InChI=1S/C41H48N2O6/c1-6-8-9-10-11-28-48-36-24-16-32(17-25-36)39(45)49-37-22-12-30(13-23-37)29-43(7-2)38(44)31-14-20-34(21-15-31)42-40(46)41(3,4)33-18-26-35(47-5)27-19-33/h12-27H,6-11,28-29H2,1-5H3,(H,42,46). The molecule has 0 aromatic heterocycles. The van der Waals surface area contributed by atoms with Gasteiger partial charge in [0, 0.05) is 24.3 Å². The van der Waals surface area contributed by atoms with Crippen molar-refractivity contribution >= 4 is 23.5 Å². The van der Waals surface area contributed by atoms with E-state index in [9.17, 15) is 14.4 Å². The Morgan fingerprint density at radius 3 is 1.90 bits per heavy atom. The van der Waals surface area contributed by atoms with Gasteiger partial charge in [0.15, 0.2) is 0 Å². The summed E-state index contributed by atoms with van der Waals surface area (Å²) in [6.45, 7) is 9.41. The smallest absolute Gasteiger partial charge is 0.343 e. The van der Waals surface area contributed by atoms with Gasteiger partial charge in [-0.15, -0.1) is 0 Å². The number of carbonyl (C=O) groups excluding carboxylic acids is 3. The molecule has 0 saturated heterocycles. The molecule has 0 radical (unpaired) electrons.